The summed E-state index contributed by atoms with van der Waals surface area (Å²) in [6.07, 6.45) is 1.60. The Morgan fingerprint density at radius 2 is 1.86 bits per heavy atom. The molecule has 0 spiro atoms. The number of nitrogens with one attached hydrogen (secondary N) is 1. The molecular formula is C20H21N3O3S2. The average molecular weight is 416 g/mol. The highest BCUT2D eigenvalue weighted by Gasteiger charge is 2.13. The molecule has 0 bridgehead atoms. The van der Waals surface area contributed by atoms with Gasteiger partial charge in [-0.25, -0.2) is 18.1 Å². The first-order valence-electron chi connectivity index (χ1n) is 8.74. The minimum Gasteiger partial charge on any atom is -0.339 e. The number of carbonyl (C=O) groups excluding carboxylic acids is 1. The van der Waals surface area contributed by atoms with Crippen molar-refractivity contribution in [2.24, 2.45) is 0 Å². The van der Waals surface area contributed by atoms with Gasteiger partial charge in [-0.15, -0.1) is 11.3 Å². The van der Waals surface area contributed by atoms with Gasteiger partial charge in [0.05, 0.1) is 16.8 Å². The Morgan fingerprint density at radius 1 is 1.14 bits per heavy atom. The number of hydrogen-bond donors (Lipinski definition) is 1. The maximum atomic E-state index is 12.3. The lowest BCUT2D eigenvalue weighted by atomic mass is 10.2. The molecule has 0 atom stereocenters. The van der Waals surface area contributed by atoms with Crippen molar-refractivity contribution in [3.63, 3.8) is 0 Å². The molecule has 1 heterocycles. The SMILES string of the molecule is CN(Cc1nc2ccccc2s1)C(=O)CCNS(=O)(=O)/C=C/c1ccccc1. The molecule has 0 aliphatic heterocycles. The van der Waals surface area contributed by atoms with Gasteiger partial charge in [0.25, 0.3) is 0 Å². The van der Waals surface area contributed by atoms with E-state index in [1.54, 1.807) is 23.3 Å². The maximum Gasteiger partial charge on any atom is 0.233 e. The van der Waals surface area contributed by atoms with Crippen molar-refractivity contribution in [2.45, 2.75) is 13.0 Å². The van der Waals surface area contributed by atoms with E-state index in [0.29, 0.717) is 6.54 Å². The van der Waals surface area contributed by atoms with Crippen molar-refractivity contribution in [3.8, 4) is 0 Å². The molecule has 3 aromatic rings. The van der Waals surface area contributed by atoms with E-state index in [9.17, 15) is 13.2 Å². The lowest BCUT2D eigenvalue weighted by Crippen LogP contribution is -2.31. The molecule has 0 aliphatic rings. The van der Waals surface area contributed by atoms with Crippen molar-refractivity contribution in [1.82, 2.24) is 14.6 Å². The molecule has 146 valence electrons. The van der Waals surface area contributed by atoms with Crippen LogP contribution in [0, 0.1) is 0 Å². The zero-order chi connectivity index (χ0) is 20.0. The van der Waals surface area contributed by atoms with Crippen LogP contribution < -0.4 is 4.72 Å². The van der Waals surface area contributed by atoms with Gasteiger partial charge in [0, 0.05) is 25.4 Å². The Hall–Kier alpha value is -2.55. The fourth-order valence-electron chi connectivity index (χ4n) is 2.55. The molecule has 1 N–H and O–H groups in total. The smallest absolute Gasteiger partial charge is 0.233 e. The number of fused-ring (bicyclic) bond motifs is 1. The van der Waals surface area contributed by atoms with Gasteiger partial charge in [-0.05, 0) is 23.8 Å². The summed E-state index contributed by atoms with van der Waals surface area (Å²) in [6.45, 7) is 0.448. The van der Waals surface area contributed by atoms with E-state index in [1.807, 2.05) is 54.6 Å². The lowest BCUT2D eigenvalue weighted by Gasteiger charge is -2.15. The molecule has 8 heteroatoms. The summed E-state index contributed by atoms with van der Waals surface area (Å²) in [5.74, 6) is -0.144. The highest BCUT2D eigenvalue weighted by Crippen LogP contribution is 2.22. The van der Waals surface area contributed by atoms with Gasteiger partial charge >= 0.3 is 0 Å². The Balaban J connectivity index is 1.48. The predicted molar refractivity (Wildman–Crippen MR) is 113 cm³/mol. The third-order valence-corrected chi connectivity index (χ3v) is 6.14. The van der Waals surface area contributed by atoms with E-state index in [0.717, 1.165) is 26.2 Å². The van der Waals surface area contributed by atoms with Gasteiger partial charge in [0.15, 0.2) is 0 Å². The maximum absolute atomic E-state index is 12.3. The molecule has 28 heavy (non-hydrogen) atoms. The van der Waals surface area contributed by atoms with Crippen molar-refractivity contribution in [1.29, 1.82) is 0 Å². The van der Waals surface area contributed by atoms with Crippen LogP contribution in [0.3, 0.4) is 0 Å². The van der Waals surface area contributed by atoms with Gasteiger partial charge in [-0.3, -0.25) is 4.79 Å². The summed E-state index contributed by atoms with van der Waals surface area (Å²) in [7, 11) is -1.90. The Kier molecular flexibility index (Phi) is 6.56. The number of thiazole rings is 1. The quantitative estimate of drug-likeness (QED) is 0.613. The lowest BCUT2D eigenvalue weighted by molar-refractivity contribution is -0.130. The van der Waals surface area contributed by atoms with Crippen LogP contribution in [-0.2, 0) is 21.4 Å². The van der Waals surface area contributed by atoms with E-state index in [-0.39, 0.29) is 18.9 Å². The number of carbonyl (C=O) groups is 1. The highest BCUT2D eigenvalue weighted by atomic mass is 32.2. The fourth-order valence-corrected chi connectivity index (χ4v) is 4.39. The van der Waals surface area contributed by atoms with Crippen LogP contribution in [0.25, 0.3) is 16.3 Å². The number of amides is 1. The summed E-state index contributed by atoms with van der Waals surface area (Å²) in [5, 5.41) is 1.96. The first-order chi connectivity index (χ1) is 13.4. The average Bonchev–Trinajstić information content (AvgIpc) is 3.09. The predicted octanol–water partition coefficient (Wildman–Crippen LogP) is 3.24. The van der Waals surface area contributed by atoms with E-state index in [2.05, 4.69) is 9.71 Å². The van der Waals surface area contributed by atoms with Crippen LogP contribution in [0.4, 0.5) is 0 Å². The summed E-state index contributed by atoms with van der Waals surface area (Å²) >= 11 is 1.55. The first-order valence-corrected chi connectivity index (χ1v) is 11.1. The summed E-state index contributed by atoms with van der Waals surface area (Å²) in [6, 6.07) is 17.0. The Labute approximate surface area is 168 Å². The van der Waals surface area contributed by atoms with E-state index >= 15 is 0 Å². The summed E-state index contributed by atoms with van der Waals surface area (Å²) in [4.78, 5) is 18.4. The van der Waals surface area contributed by atoms with Crippen molar-refractivity contribution in [2.75, 3.05) is 13.6 Å². The van der Waals surface area contributed by atoms with Crippen molar-refractivity contribution >= 4 is 43.6 Å². The second kappa shape index (κ2) is 9.09. The zero-order valence-electron chi connectivity index (χ0n) is 15.4. The standard InChI is InChI=1S/C20H21N3O3S2/c1-23(15-19-22-17-9-5-6-10-18(17)27-19)20(24)11-13-21-28(25,26)14-12-16-7-3-2-4-8-16/h2-10,12,14,21H,11,13,15H2,1H3/b14-12+. The highest BCUT2D eigenvalue weighted by molar-refractivity contribution is 7.92. The number of aromatic nitrogens is 1. The molecule has 6 nitrogen and oxygen atoms in total. The number of nitrogens with zero attached hydrogens (tertiary/aromatic N) is 2. The molecular weight excluding hydrogens is 394 g/mol. The third-order valence-electron chi connectivity index (χ3n) is 4.02. The van der Waals surface area contributed by atoms with Gasteiger partial charge < -0.3 is 4.90 Å². The summed E-state index contributed by atoms with van der Waals surface area (Å²) in [5.41, 5.74) is 1.71. The zero-order valence-corrected chi connectivity index (χ0v) is 17.0. The van der Waals surface area contributed by atoms with Crippen molar-refractivity contribution in [3.05, 3.63) is 70.6 Å². The molecule has 0 saturated heterocycles. The van der Waals surface area contributed by atoms with Crippen LogP contribution in [0.2, 0.25) is 0 Å². The van der Waals surface area contributed by atoms with Crippen molar-refractivity contribution < 1.29 is 13.2 Å². The van der Waals surface area contributed by atoms with Crippen LogP contribution in [0.15, 0.2) is 60.0 Å². The van der Waals surface area contributed by atoms with Gasteiger partial charge in [-0.1, -0.05) is 42.5 Å². The Morgan fingerprint density at radius 3 is 2.61 bits per heavy atom. The van der Waals surface area contributed by atoms with Crippen LogP contribution in [-0.4, -0.2) is 37.8 Å². The molecule has 0 unspecified atom stereocenters. The number of para-hydroxylation sites is 1. The van der Waals surface area contributed by atoms with Crippen LogP contribution in [0.1, 0.15) is 17.0 Å². The molecule has 3 rings (SSSR count). The summed E-state index contributed by atoms with van der Waals surface area (Å²) < 4.78 is 27.5. The minimum absolute atomic E-state index is 0.0461. The van der Waals surface area contributed by atoms with Crippen LogP contribution in [0.5, 0.6) is 0 Å². The monoisotopic (exact) mass is 415 g/mol. The molecule has 0 aliphatic carbocycles. The largest absolute Gasteiger partial charge is 0.339 e. The molecule has 1 amide bonds. The second-order valence-electron chi connectivity index (χ2n) is 6.23. The molecule has 0 radical (unpaired) electrons. The minimum atomic E-state index is -3.59. The van der Waals surface area contributed by atoms with Gasteiger partial charge in [0.1, 0.15) is 5.01 Å². The molecule has 0 saturated carbocycles. The first kappa shape index (κ1) is 20.2. The number of rotatable bonds is 8. The normalized spacial score (nSPS) is 11.9. The molecule has 0 fully saturated rings. The van der Waals surface area contributed by atoms with Crippen LogP contribution >= 0.6 is 11.3 Å². The topological polar surface area (TPSA) is 79.4 Å². The number of sulfonamides is 1. The van der Waals surface area contributed by atoms with E-state index in [1.165, 1.54) is 6.08 Å². The fraction of sp³-hybridized carbons (Fsp3) is 0.200. The second-order valence-corrected chi connectivity index (χ2v) is 8.99. The molecule has 1 aromatic heterocycles. The molecule has 2 aromatic carbocycles. The number of hydrogen-bond acceptors (Lipinski definition) is 5. The third kappa shape index (κ3) is 5.72. The Bertz CT molecular complexity index is 1040. The van der Waals surface area contributed by atoms with E-state index in [4.69, 9.17) is 0 Å². The van der Waals surface area contributed by atoms with E-state index < -0.39 is 10.0 Å². The van der Waals surface area contributed by atoms with Gasteiger partial charge in [-0.2, -0.15) is 0 Å². The van der Waals surface area contributed by atoms with Gasteiger partial charge in [0.2, 0.25) is 15.9 Å². The number of benzene rings is 2.